The van der Waals surface area contributed by atoms with Crippen LogP contribution in [0.4, 0.5) is 5.69 Å². The smallest absolute Gasteiger partial charge is 0.348 e. The highest BCUT2D eigenvalue weighted by molar-refractivity contribution is 7.21. The summed E-state index contributed by atoms with van der Waals surface area (Å²) in [6.07, 6.45) is 0. The average molecular weight is 257 g/mol. The lowest BCUT2D eigenvalue weighted by atomic mass is 10.1. The molecule has 2 heterocycles. The molecule has 84 valence electrons. The number of thiophene rings is 1. The highest BCUT2D eigenvalue weighted by Crippen LogP contribution is 2.37. The van der Waals surface area contributed by atoms with Crippen molar-refractivity contribution in [3.63, 3.8) is 0 Å². The molecule has 0 spiro atoms. The Morgan fingerprint density at radius 3 is 2.69 bits per heavy atom. The topological polar surface area (TPSA) is 76.2 Å². The normalized spacial score (nSPS) is 10.9. The number of hydrogen-bond donors (Lipinski definition) is 2. The van der Waals surface area contributed by atoms with E-state index in [-0.39, 0.29) is 10.6 Å². The summed E-state index contributed by atoms with van der Waals surface area (Å²) in [5.74, 6) is -1.03. The van der Waals surface area contributed by atoms with Crippen LogP contribution in [0, 0.1) is 13.8 Å². The zero-order chi connectivity index (χ0) is 12.0. The standard InChI is InChI=1S/C10H9ClN2O2S/c1-3-5-7(12)8(10(14)15)16-9(5)13-4(2)6(3)11/h12H2,1-2H3,(H,14,15). The SMILES string of the molecule is Cc1nc2sc(C(=O)O)c(N)c2c(C)c1Cl. The lowest BCUT2D eigenvalue weighted by molar-refractivity contribution is 0.0703. The number of carboxylic acids is 1. The molecule has 0 amide bonds. The summed E-state index contributed by atoms with van der Waals surface area (Å²) in [6.45, 7) is 3.60. The van der Waals surface area contributed by atoms with E-state index >= 15 is 0 Å². The van der Waals surface area contributed by atoms with Crippen LogP contribution in [0.15, 0.2) is 0 Å². The predicted octanol–water partition coefficient (Wildman–Crippen LogP) is 2.85. The highest BCUT2D eigenvalue weighted by atomic mass is 35.5. The minimum atomic E-state index is -1.03. The Labute approximate surface area is 101 Å². The van der Waals surface area contributed by atoms with E-state index in [1.54, 1.807) is 6.92 Å². The molecule has 0 bridgehead atoms. The largest absolute Gasteiger partial charge is 0.477 e. The molecule has 0 aliphatic carbocycles. The van der Waals surface area contributed by atoms with Gasteiger partial charge in [0.15, 0.2) is 0 Å². The quantitative estimate of drug-likeness (QED) is 0.823. The van der Waals surface area contributed by atoms with Gasteiger partial charge in [-0.1, -0.05) is 11.6 Å². The van der Waals surface area contributed by atoms with E-state index < -0.39 is 5.97 Å². The number of fused-ring (bicyclic) bond motifs is 1. The van der Waals surface area contributed by atoms with Gasteiger partial charge in [-0.3, -0.25) is 0 Å². The van der Waals surface area contributed by atoms with Gasteiger partial charge in [-0.05, 0) is 19.4 Å². The number of carbonyl (C=O) groups is 1. The first kappa shape index (κ1) is 11.2. The Morgan fingerprint density at radius 2 is 2.12 bits per heavy atom. The third-order valence-corrected chi connectivity index (χ3v) is 4.06. The molecule has 0 saturated carbocycles. The van der Waals surface area contributed by atoms with Gasteiger partial charge in [0.25, 0.3) is 0 Å². The lowest BCUT2D eigenvalue weighted by Gasteiger charge is -2.03. The highest BCUT2D eigenvalue weighted by Gasteiger charge is 2.19. The molecule has 0 aliphatic heterocycles. The number of hydrogen-bond acceptors (Lipinski definition) is 4. The van der Waals surface area contributed by atoms with Crippen LogP contribution in [-0.4, -0.2) is 16.1 Å². The molecular weight excluding hydrogens is 248 g/mol. The van der Waals surface area contributed by atoms with Gasteiger partial charge in [0.05, 0.1) is 16.4 Å². The number of carboxylic acid groups (broad SMARTS) is 1. The zero-order valence-corrected chi connectivity index (χ0v) is 10.2. The fourth-order valence-electron chi connectivity index (χ4n) is 1.61. The molecule has 0 unspecified atom stereocenters. The van der Waals surface area contributed by atoms with E-state index in [9.17, 15) is 4.79 Å². The Balaban J connectivity index is 2.93. The Morgan fingerprint density at radius 1 is 1.50 bits per heavy atom. The van der Waals surface area contributed by atoms with Crippen LogP contribution in [0.2, 0.25) is 5.02 Å². The molecule has 4 nitrogen and oxygen atoms in total. The third kappa shape index (κ3) is 1.44. The summed E-state index contributed by atoms with van der Waals surface area (Å²) < 4.78 is 0. The van der Waals surface area contributed by atoms with Crippen molar-refractivity contribution in [1.82, 2.24) is 4.98 Å². The van der Waals surface area contributed by atoms with Gasteiger partial charge < -0.3 is 10.8 Å². The number of aryl methyl sites for hydroxylation is 2. The molecule has 3 N–H and O–H groups in total. The molecule has 2 aromatic heterocycles. The van der Waals surface area contributed by atoms with Crippen molar-refractivity contribution < 1.29 is 9.90 Å². The van der Waals surface area contributed by atoms with Gasteiger partial charge in [0.2, 0.25) is 0 Å². The van der Waals surface area contributed by atoms with Crippen LogP contribution in [0.25, 0.3) is 10.2 Å². The number of nitrogens with zero attached hydrogens (tertiary/aromatic N) is 1. The van der Waals surface area contributed by atoms with Crippen molar-refractivity contribution in [3.8, 4) is 0 Å². The first-order valence-electron chi connectivity index (χ1n) is 4.51. The first-order chi connectivity index (χ1) is 7.43. The van der Waals surface area contributed by atoms with Crippen molar-refractivity contribution in [2.45, 2.75) is 13.8 Å². The molecule has 0 fully saturated rings. The van der Waals surface area contributed by atoms with Gasteiger partial charge >= 0.3 is 5.97 Å². The number of anilines is 1. The van der Waals surface area contributed by atoms with E-state index in [0.29, 0.717) is 20.9 Å². The zero-order valence-electron chi connectivity index (χ0n) is 8.67. The maximum absolute atomic E-state index is 10.9. The number of rotatable bonds is 1. The Bertz CT molecular complexity index is 607. The maximum atomic E-state index is 10.9. The summed E-state index contributed by atoms with van der Waals surface area (Å²) in [5.41, 5.74) is 7.51. The predicted molar refractivity (Wildman–Crippen MR) is 65.5 cm³/mol. The number of aromatic nitrogens is 1. The van der Waals surface area contributed by atoms with Crippen molar-refractivity contribution in [1.29, 1.82) is 0 Å². The molecule has 16 heavy (non-hydrogen) atoms. The molecule has 0 radical (unpaired) electrons. The third-order valence-electron chi connectivity index (χ3n) is 2.41. The number of halogens is 1. The van der Waals surface area contributed by atoms with Crippen molar-refractivity contribution >= 4 is 44.8 Å². The molecule has 0 atom stereocenters. The fourth-order valence-corrected chi connectivity index (χ4v) is 2.79. The summed E-state index contributed by atoms with van der Waals surface area (Å²) >= 11 is 7.13. The van der Waals surface area contributed by atoms with Gasteiger partial charge in [-0.2, -0.15) is 0 Å². The minimum Gasteiger partial charge on any atom is -0.477 e. The van der Waals surface area contributed by atoms with Crippen LogP contribution in [0.1, 0.15) is 20.9 Å². The van der Waals surface area contributed by atoms with Crippen molar-refractivity contribution in [2.24, 2.45) is 0 Å². The number of aromatic carboxylic acids is 1. The number of pyridine rings is 1. The Hall–Kier alpha value is -1.33. The molecule has 6 heteroatoms. The number of nitrogens with two attached hydrogens (primary N) is 1. The number of nitrogen functional groups attached to an aromatic ring is 1. The van der Waals surface area contributed by atoms with Crippen molar-refractivity contribution in [2.75, 3.05) is 5.73 Å². The minimum absolute atomic E-state index is 0.118. The molecule has 2 aromatic rings. The van der Waals surface area contributed by atoms with Crippen LogP contribution < -0.4 is 5.73 Å². The molecule has 2 rings (SSSR count). The molecule has 0 saturated heterocycles. The molecule has 0 aromatic carbocycles. The van der Waals surface area contributed by atoms with Crippen LogP contribution in [-0.2, 0) is 0 Å². The molecular formula is C10H9ClN2O2S. The van der Waals surface area contributed by atoms with Crippen LogP contribution in [0.5, 0.6) is 0 Å². The Kier molecular flexibility index (Phi) is 2.52. The monoisotopic (exact) mass is 256 g/mol. The van der Waals surface area contributed by atoms with Crippen molar-refractivity contribution in [3.05, 3.63) is 21.2 Å². The summed E-state index contributed by atoms with van der Waals surface area (Å²) in [6, 6.07) is 0. The summed E-state index contributed by atoms with van der Waals surface area (Å²) in [5, 5.41) is 10.2. The van der Waals surface area contributed by atoms with E-state index in [1.165, 1.54) is 0 Å². The van der Waals surface area contributed by atoms with E-state index in [0.717, 1.165) is 16.9 Å². The van der Waals surface area contributed by atoms with E-state index in [1.807, 2.05) is 6.92 Å². The lowest BCUT2D eigenvalue weighted by Crippen LogP contribution is -1.97. The van der Waals surface area contributed by atoms with Gasteiger partial charge in [0.1, 0.15) is 9.71 Å². The first-order valence-corrected chi connectivity index (χ1v) is 5.71. The second kappa shape index (κ2) is 3.61. The summed E-state index contributed by atoms with van der Waals surface area (Å²) in [4.78, 5) is 15.9. The van der Waals surface area contributed by atoms with Crippen LogP contribution >= 0.6 is 22.9 Å². The fraction of sp³-hybridized carbons (Fsp3) is 0.200. The maximum Gasteiger partial charge on any atom is 0.348 e. The summed E-state index contributed by atoms with van der Waals surface area (Å²) in [7, 11) is 0. The second-order valence-corrected chi connectivity index (χ2v) is 4.84. The van der Waals surface area contributed by atoms with Gasteiger partial charge in [0, 0.05) is 5.39 Å². The average Bonchev–Trinajstić information content (AvgIpc) is 2.52. The van der Waals surface area contributed by atoms with Crippen LogP contribution in [0.3, 0.4) is 0 Å². The van der Waals surface area contributed by atoms with Gasteiger partial charge in [-0.25, -0.2) is 9.78 Å². The van der Waals surface area contributed by atoms with Gasteiger partial charge in [-0.15, -0.1) is 11.3 Å². The molecule has 0 aliphatic rings. The second-order valence-electron chi connectivity index (χ2n) is 3.47. The van der Waals surface area contributed by atoms with E-state index in [2.05, 4.69) is 4.98 Å². The van der Waals surface area contributed by atoms with E-state index in [4.69, 9.17) is 22.4 Å².